The molecule has 2 saturated heterocycles. The molecular formula is C26H27FN4O2. The van der Waals surface area contributed by atoms with Gasteiger partial charge in [-0.1, -0.05) is 24.1 Å². The number of hydrogen-bond acceptors (Lipinski definition) is 3. The maximum atomic E-state index is 15.7. The molecule has 2 amide bonds. The highest BCUT2D eigenvalue weighted by Crippen LogP contribution is 2.41. The van der Waals surface area contributed by atoms with Crippen LogP contribution in [0.15, 0.2) is 30.3 Å². The van der Waals surface area contributed by atoms with E-state index in [2.05, 4.69) is 21.7 Å². The number of amides is 2. The molecule has 2 fully saturated rings. The molecule has 0 saturated carbocycles. The summed E-state index contributed by atoms with van der Waals surface area (Å²) in [5.74, 6) is 5.16. The first-order valence-electron chi connectivity index (χ1n) is 11.4. The number of likely N-dealkylation sites (tertiary alicyclic amines) is 1. The number of aromatic nitrogens is 1. The van der Waals surface area contributed by atoms with Crippen molar-refractivity contribution in [2.24, 2.45) is 17.6 Å². The summed E-state index contributed by atoms with van der Waals surface area (Å²) in [5, 5.41) is 1.72. The fourth-order valence-corrected chi connectivity index (χ4v) is 5.62. The molecule has 170 valence electrons. The van der Waals surface area contributed by atoms with Crippen molar-refractivity contribution < 1.29 is 14.0 Å². The maximum absolute atomic E-state index is 15.7. The van der Waals surface area contributed by atoms with Gasteiger partial charge in [0.1, 0.15) is 5.82 Å². The molecule has 0 spiro atoms. The predicted molar refractivity (Wildman–Crippen MR) is 127 cm³/mol. The quantitative estimate of drug-likeness (QED) is 0.607. The number of hydrogen-bond donors (Lipinski definition) is 2. The number of carbonyl (C=O) groups excluding carboxylic acids is 2. The summed E-state index contributed by atoms with van der Waals surface area (Å²) in [4.78, 5) is 31.3. The van der Waals surface area contributed by atoms with Gasteiger partial charge in [-0.2, -0.15) is 0 Å². The molecule has 2 aromatic carbocycles. The Morgan fingerprint density at radius 1 is 1.18 bits per heavy atom. The fourth-order valence-electron chi connectivity index (χ4n) is 5.62. The summed E-state index contributed by atoms with van der Waals surface area (Å²) < 4.78 is 15.7. The van der Waals surface area contributed by atoms with Gasteiger partial charge in [0.15, 0.2) is 0 Å². The summed E-state index contributed by atoms with van der Waals surface area (Å²) in [5.41, 5.74) is 8.23. The van der Waals surface area contributed by atoms with E-state index in [9.17, 15) is 9.59 Å². The number of primary amides is 1. The van der Waals surface area contributed by atoms with Crippen molar-refractivity contribution in [1.29, 1.82) is 0 Å². The summed E-state index contributed by atoms with van der Waals surface area (Å²) in [6.07, 6.45) is 1.89. The third-order valence-corrected chi connectivity index (χ3v) is 7.11. The predicted octanol–water partition coefficient (Wildman–Crippen LogP) is 3.19. The van der Waals surface area contributed by atoms with Gasteiger partial charge in [-0.25, -0.2) is 4.39 Å². The van der Waals surface area contributed by atoms with Gasteiger partial charge in [-0.3, -0.25) is 9.59 Å². The summed E-state index contributed by atoms with van der Waals surface area (Å²) in [6, 6.07) is 9.24. The Hall–Kier alpha value is -3.53. The lowest BCUT2D eigenvalue weighted by Crippen LogP contribution is -2.51. The third kappa shape index (κ3) is 3.80. The molecule has 0 bridgehead atoms. The molecular weight excluding hydrogens is 419 g/mol. The minimum Gasteiger partial charge on any atom is -0.369 e. The summed E-state index contributed by atoms with van der Waals surface area (Å²) in [6.45, 7) is 4.48. The number of halogens is 1. The van der Waals surface area contributed by atoms with E-state index in [0.717, 1.165) is 47.7 Å². The summed E-state index contributed by atoms with van der Waals surface area (Å²) in [7, 11) is 0. The molecule has 2 aliphatic heterocycles. The number of rotatable bonds is 3. The van der Waals surface area contributed by atoms with E-state index in [0.29, 0.717) is 30.3 Å². The lowest BCUT2D eigenvalue weighted by molar-refractivity contribution is -0.127. The van der Waals surface area contributed by atoms with Crippen LogP contribution in [-0.2, 0) is 16.0 Å². The summed E-state index contributed by atoms with van der Waals surface area (Å²) >= 11 is 0. The zero-order valence-corrected chi connectivity index (χ0v) is 18.7. The van der Waals surface area contributed by atoms with Crippen molar-refractivity contribution in [2.75, 3.05) is 31.1 Å². The Bertz CT molecular complexity index is 1320. The zero-order valence-electron chi connectivity index (χ0n) is 18.7. The van der Waals surface area contributed by atoms with Crippen molar-refractivity contribution in [3.8, 4) is 11.8 Å². The highest BCUT2D eigenvalue weighted by Gasteiger charge is 2.37. The largest absolute Gasteiger partial charge is 0.369 e. The number of benzene rings is 2. The van der Waals surface area contributed by atoms with Crippen molar-refractivity contribution in [1.82, 2.24) is 9.88 Å². The molecule has 3 heterocycles. The lowest BCUT2D eigenvalue weighted by Gasteiger charge is -2.45. The van der Waals surface area contributed by atoms with Crippen molar-refractivity contribution >= 4 is 39.3 Å². The minimum atomic E-state index is -0.495. The second-order valence-electron chi connectivity index (χ2n) is 9.10. The van der Waals surface area contributed by atoms with Crippen LogP contribution in [0.2, 0.25) is 0 Å². The average molecular weight is 447 g/mol. The number of nitrogens with two attached hydrogens (primary N) is 1. The van der Waals surface area contributed by atoms with Crippen LogP contribution < -0.4 is 10.6 Å². The molecule has 0 aliphatic carbocycles. The molecule has 2 aliphatic rings. The minimum absolute atomic E-state index is 0.0270. The Morgan fingerprint density at radius 3 is 2.76 bits per heavy atom. The Kier molecular flexibility index (Phi) is 5.45. The van der Waals surface area contributed by atoms with E-state index in [4.69, 9.17) is 5.73 Å². The first-order valence-corrected chi connectivity index (χ1v) is 11.4. The van der Waals surface area contributed by atoms with Gasteiger partial charge < -0.3 is 20.5 Å². The molecule has 2 unspecified atom stereocenters. The van der Waals surface area contributed by atoms with Crippen molar-refractivity contribution in [3.05, 3.63) is 41.7 Å². The highest BCUT2D eigenvalue weighted by atomic mass is 19.1. The molecule has 7 heteroatoms. The van der Waals surface area contributed by atoms with Crippen LogP contribution in [-0.4, -0.2) is 47.9 Å². The van der Waals surface area contributed by atoms with Gasteiger partial charge >= 0.3 is 0 Å². The monoisotopic (exact) mass is 446 g/mol. The fraction of sp³-hybridized carbons (Fsp3) is 0.385. The number of aromatic amines is 1. The van der Waals surface area contributed by atoms with Crippen LogP contribution in [0.1, 0.15) is 25.3 Å². The number of nitrogens with zero attached hydrogens (tertiary/aromatic N) is 2. The topological polar surface area (TPSA) is 82.4 Å². The standard InChI is InChI=1S/C26H27FN4O2/c1-2-5-23(33)30-10-8-16-9-11-31(15-18(16)14-30)26-20(27)12-17(13-22(28)32)25-24(26)19-6-3-4-7-21(19)29-25/h3-4,6-7,12,16,18,29H,8-11,13-15H2,1H3,(H2,28,32). The average Bonchev–Trinajstić information content (AvgIpc) is 3.18. The second-order valence-corrected chi connectivity index (χ2v) is 9.10. The van der Waals surface area contributed by atoms with Crippen LogP contribution in [0.3, 0.4) is 0 Å². The number of piperidine rings is 2. The molecule has 5 rings (SSSR count). The first-order chi connectivity index (χ1) is 16.0. The van der Waals surface area contributed by atoms with E-state index in [-0.39, 0.29) is 24.1 Å². The molecule has 3 N–H and O–H groups in total. The third-order valence-electron chi connectivity index (χ3n) is 7.11. The van der Waals surface area contributed by atoms with E-state index < -0.39 is 5.91 Å². The van der Waals surface area contributed by atoms with Crippen molar-refractivity contribution in [2.45, 2.75) is 26.2 Å². The number of para-hydroxylation sites is 1. The number of H-pyrrole nitrogens is 1. The van der Waals surface area contributed by atoms with E-state index >= 15 is 4.39 Å². The number of nitrogens with one attached hydrogen (secondary N) is 1. The van der Waals surface area contributed by atoms with E-state index in [1.165, 1.54) is 6.07 Å². The zero-order chi connectivity index (χ0) is 23.1. The van der Waals surface area contributed by atoms with Crippen LogP contribution in [0.5, 0.6) is 0 Å². The number of carbonyl (C=O) groups is 2. The Labute approximate surface area is 191 Å². The van der Waals surface area contributed by atoms with Gasteiger partial charge in [0.2, 0.25) is 5.91 Å². The smallest absolute Gasteiger partial charge is 0.298 e. The molecule has 1 aromatic heterocycles. The highest BCUT2D eigenvalue weighted by molar-refractivity contribution is 6.15. The van der Waals surface area contributed by atoms with Gasteiger partial charge in [-0.15, -0.1) is 0 Å². The van der Waals surface area contributed by atoms with Gasteiger partial charge in [0.25, 0.3) is 5.91 Å². The van der Waals surface area contributed by atoms with Crippen LogP contribution >= 0.6 is 0 Å². The van der Waals surface area contributed by atoms with E-state index in [1.807, 2.05) is 29.2 Å². The Balaban J connectivity index is 1.56. The molecule has 6 nitrogen and oxygen atoms in total. The second kappa shape index (κ2) is 8.43. The molecule has 3 aromatic rings. The van der Waals surface area contributed by atoms with Crippen molar-refractivity contribution in [3.63, 3.8) is 0 Å². The van der Waals surface area contributed by atoms with Gasteiger partial charge in [-0.05, 0) is 55.2 Å². The number of fused-ring (bicyclic) bond motifs is 4. The molecule has 33 heavy (non-hydrogen) atoms. The molecule has 0 radical (unpaired) electrons. The Morgan fingerprint density at radius 2 is 1.97 bits per heavy atom. The lowest BCUT2D eigenvalue weighted by atomic mass is 9.79. The van der Waals surface area contributed by atoms with Crippen LogP contribution in [0, 0.1) is 29.5 Å². The van der Waals surface area contributed by atoms with Crippen LogP contribution in [0.25, 0.3) is 21.8 Å². The normalized spacial score (nSPS) is 20.4. The first kappa shape index (κ1) is 21.3. The van der Waals surface area contributed by atoms with Gasteiger partial charge in [0, 0.05) is 42.5 Å². The number of anilines is 1. The van der Waals surface area contributed by atoms with E-state index in [1.54, 1.807) is 6.92 Å². The SMILES string of the molecule is CC#CC(=O)N1CCC2CCN(c3c(F)cc(CC(N)=O)c4[nH]c5ccccc5c34)CC2C1. The van der Waals surface area contributed by atoms with Gasteiger partial charge in [0.05, 0.1) is 17.6 Å². The van der Waals surface area contributed by atoms with Crippen LogP contribution in [0.4, 0.5) is 10.1 Å². The maximum Gasteiger partial charge on any atom is 0.298 e. The molecule has 2 atom stereocenters.